The van der Waals surface area contributed by atoms with E-state index >= 15 is 0 Å². The van der Waals surface area contributed by atoms with Crippen LogP contribution < -0.4 is 0 Å². The van der Waals surface area contributed by atoms with Crippen LogP contribution in [-0.2, 0) is 11.8 Å². The second-order valence-electron chi connectivity index (χ2n) is 5.24. The van der Waals surface area contributed by atoms with E-state index in [0.717, 1.165) is 19.3 Å². The summed E-state index contributed by atoms with van der Waals surface area (Å²) in [7, 11) is 1.79. The van der Waals surface area contributed by atoms with Gasteiger partial charge in [-0.1, -0.05) is 11.6 Å². The fourth-order valence-electron chi connectivity index (χ4n) is 2.74. The molecule has 1 aromatic rings. The Morgan fingerprint density at radius 1 is 1.45 bits per heavy atom. The number of aliphatic carboxylic acids is 1. The van der Waals surface area contributed by atoms with Crippen LogP contribution in [0.1, 0.15) is 42.6 Å². The molecule has 1 aliphatic rings. The highest BCUT2D eigenvalue weighted by atomic mass is 35.5. The maximum atomic E-state index is 12.6. The normalized spacial score (nSPS) is 19.1. The fraction of sp³-hybridized carbons (Fsp3) is 0.571. The van der Waals surface area contributed by atoms with Crippen LogP contribution in [0.25, 0.3) is 0 Å². The Balaban J connectivity index is 2.12. The summed E-state index contributed by atoms with van der Waals surface area (Å²) in [6.45, 7) is 0.686. The number of piperidine rings is 1. The van der Waals surface area contributed by atoms with Crippen molar-refractivity contribution < 1.29 is 14.7 Å². The zero-order valence-corrected chi connectivity index (χ0v) is 12.3. The molecule has 0 radical (unpaired) electrons. The van der Waals surface area contributed by atoms with Crippen molar-refractivity contribution in [1.29, 1.82) is 0 Å². The van der Waals surface area contributed by atoms with Crippen LogP contribution in [-0.4, -0.2) is 39.0 Å². The number of aromatic nitrogens is 1. The summed E-state index contributed by atoms with van der Waals surface area (Å²) in [5.74, 6) is -0.876. The molecule has 2 heterocycles. The lowest BCUT2D eigenvalue weighted by Gasteiger charge is -2.35. The summed E-state index contributed by atoms with van der Waals surface area (Å²) >= 11 is 5.92. The predicted molar refractivity (Wildman–Crippen MR) is 76.0 cm³/mol. The van der Waals surface area contributed by atoms with Gasteiger partial charge in [-0.15, -0.1) is 0 Å². The van der Waals surface area contributed by atoms with Crippen LogP contribution in [0.3, 0.4) is 0 Å². The van der Waals surface area contributed by atoms with E-state index in [9.17, 15) is 9.59 Å². The van der Waals surface area contributed by atoms with E-state index in [4.69, 9.17) is 16.7 Å². The zero-order chi connectivity index (χ0) is 14.7. The number of amides is 1. The second kappa shape index (κ2) is 6.31. The second-order valence-corrected chi connectivity index (χ2v) is 5.67. The molecule has 1 fully saturated rings. The summed E-state index contributed by atoms with van der Waals surface area (Å²) in [5.41, 5.74) is 0.553. The van der Waals surface area contributed by atoms with Crippen molar-refractivity contribution in [1.82, 2.24) is 9.47 Å². The molecule has 0 saturated carbocycles. The van der Waals surface area contributed by atoms with E-state index in [1.54, 1.807) is 28.8 Å². The van der Waals surface area contributed by atoms with Gasteiger partial charge in [-0.25, -0.2) is 0 Å². The number of hydrogen-bond acceptors (Lipinski definition) is 2. The van der Waals surface area contributed by atoms with Crippen molar-refractivity contribution in [3.8, 4) is 0 Å². The Labute approximate surface area is 123 Å². The highest BCUT2D eigenvalue weighted by Gasteiger charge is 2.29. The number of carboxylic acids is 1. The van der Waals surface area contributed by atoms with Crippen LogP contribution in [0.2, 0.25) is 5.02 Å². The van der Waals surface area contributed by atoms with E-state index in [1.165, 1.54) is 0 Å². The van der Waals surface area contributed by atoms with Gasteiger partial charge in [0.1, 0.15) is 5.69 Å². The van der Waals surface area contributed by atoms with Gasteiger partial charge in [0.15, 0.2) is 0 Å². The lowest BCUT2D eigenvalue weighted by atomic mass is 9.97. The van der Waals surface area contributed by atoms with Gasteiger partial charge in [-0.05, 0) is 31.7 Å². The number of aryl methyl sites for hydroxylation is 1. The van der Waals surface area contributed by atoms with Crippen molar-refractivity contribution in [2.75, 3.05) is 6.54 Å². The van der Waals surface area contributed by atoms with Crippen molar-refractivity contribution >= 4 is 23.5 Å². The lowest BCUT2D eigenvalue weighted by Crippen LogP contribution is -2.44. The number of rotatable bonds is 4. The van der Waals surface area contributed by atoms with E-state index < -0.39 is 5.97 Å². The molecule has 0 aliphatic carbocycles. The Morgan fingerprint density at radius 2 is 2.20 bits per heavy atom. The van der Waals surface area contributed by atoms with E-state index in [-0.39, 0.29) is 18.4 Å². The third kappa shape index (κ3) is 3.33. The fourth-order valence-corrected chi connectivity index (χ4v) is 2.99. The summed E-state index contributed by atoms with van der Waals surface area (Å²) in [5, 5.41) is 9.35. The molecule has 5 nitrogen and oxygen atoms in total. The molecule has 1 saturated heterocycles. The summed E-state index contributed by atoms with van der Waals surface area (Å²) in [6.07, 6.45) is 5.19. The highest BCUT2D eigenvalue weighted by Crippen LogP contribution is 2.24. The molecule has 0 unspecified atom stereocenters. The molecule has 0 spiro atoms. The molecule has 0 aromatic carbocycles. The first-order valence-electron chi connectivity index (χ1n) is 6.83. The number of nitrogens with zero attached hydrogens (tertiary/aromatic N) is 2. The first kappa shape index (κ1) is 14.9. The monoisotopic (exact) mass is 298 g/mol. The van der Waals surface area contributed by atoms with Crippen LogP contribution in [0.15, 0.2) is 12.3 Å². The molecule has 1 aliphatic heterocycles. The Morgan fingerprint density at radius 3 is 2.80 bits per heavy atom. The molecule has 1 N–H and O–H groups in total. The largest absolute Gasteiger partial charge is 0.481 e. The first-order chi connectivity index (χ1) is 9.49. The number of carbonyl (C=O) groups is 2. The summed E-state index contributed by atoms with van der Waals surface area (Å²) in [6, 6.07) is 1.67. The average molecular weight is 299 g/mol. The molecular weight excluding hydrogens is 280 g/mol. The Kier molecular flexibility index (Phi) is 4.70. The number of carboxylic acid groups (broad SMARTS) is 1. The standard InChI is InChI=1S/C14H19ClN2O3/c1-16-9-10(15)8-12(16)14(20)17-7-3-2-4-11(17)5-6-13(18)19/h8-9,11H,2-7H2,1H3,(H,18,19)/t11-/m1/s1. The zero-order valence-electron chi connectivity index (χ0n) is 11.5. The minimum absolute atomic E-state index is 0.0148. The molecule has 6 heteroatoms. The molecule has 0 bridgehead atoms. The van der Waals surface area contributed by atoms with Crippen LogP contribution >= 0.6 is 11.6 Å². The van der Waals surface area contributed by atoms with Gasteiger partial charge >= 0.3 is 5.97 Å². The average Bonchev–Trinajstić information content (AvgIpc) is 2.75. The van der Waals surface area contributed by atoms with E-state index in [0.29, 0.717) is 23.7 Å². The van der Waals surface area contributed by atoms with Gasteiger partial charge in [-0.2, -0.15) is 0 Å². The van der Waals surface area contributed by atoms with Gasteiger partial charge in [0.2, 0.25) is 0 Å². The van der Waals surface area contributed by atoms with Gasteiger partial charge in [-0.3, -0.25) is 9.59 Å². The first-order valence-corrected chi connectivity index (χ1v) is 7.21. The number of likely N-dealkylation sites (tertiary alicyclic amines) is 1. The maximum absolute atomic E-state index is 12.6. The van der Waals surface area contributed by atoms with Crippen molar-refractivity contribution in [3.05, 3.63) is 23.0 Å². The Hall–Kier alpha value is -1.49. The van der Waals surface area contributed by atoms with Crippen LogP contribution in [0.4, 0.5) is 0 Å². The molecule has 1 aromatic heterocycles. The minimum Gasteiger partial charge on any atom is -0.481 e. The number of hydrogen-bond donors (Lipinski definition) is 1. The van der Waals surface area contributed by atoms with Gasteiger partial charge in [0.25, 0.3) is 5.91 Å². The smallest absolute Gasteiger partial charge is 0.303 e. The van der Waals surface area contributed by atoms with Crippen LogP contribution in [0, 0.1) is 0 Å². The molecule has 1 amide bonds. The van der Waals surface area contributed by atoms with Crippen LogP contribution in [0.5, 0.6) is 0 Å². The number of halogens is 1. The summed E-state index contributed by atoms with van der Waals surface area (Å²) in [4.78, 5) is 25.1. The highest BCUT2D eigenvalue weighted by molar-refractivity contribution is 6.31. The van der Waals surface area contributed by atoms with Crippen molar-refractivity contribution in [2.24, 2.45) is 7.05 Å². The van der Waals surface area contributed by atoms with Gasteiger partial charge < -0.3 is 14.6 Å². The SMILES string of the molecule is Cn1cc(Cl)cc1C(=O)N1CCCC[C@@H]1CCC(=O)O. The molecule has 1 atom stereocenters. The minimum atomic E-state index is -0.815. The molecular formula is C14H19ClN2O3. The summed E-state index contributed by atoms with van der Waals surface area (Å²) < 4.78 is 1.72. The lowest BCUT2D eigenvalue weighted by molar-refractivity contribution is -0.137. The maximum Gasteiger partial charge on any atom is 0.303 e. The number of carbonyl (C=O) groups excluding carboxylic acids is 1. The van der Waals surface area contributed by atoms with Crippen molar-refractivity contribution in [3.63, 3.8) is 0 Å². The third-order valence-corrected chi connectivity index (χ3v) is 3.98. The predicted octanol–water partition coefficient (Wildman–Crippen LogP) is 2.54. The van der Waals surface area contributed by atoms with Crippen molar-refractivity contribution in [2.45, 2.75) is 38.1 Å². The quantitative estimate of drug-likeness (QED) is 0.929. The third-order valence-electron chi connectivity index (χ3n) is 3.77. The van der Waals surface area contributed by atoms with E-state index in [1.807, 2.05) is 0 Å². The molecule has 2 rings (SSSR count). The van der Waals surface area contributed by atoms with E-state index in [2.05, 4.69) is 0 Å². The molecule has 110 valence electrons. The van der Waals surface area contributed by atoms with Gasteiger partial charge in [0, 0.05) is 32.3 Å². The molecule has 20 heavy (non-hydrogen) atoms. The van der Waals surface area contributed by atoms with Gasteiger partial charge in [0.05, 0.1) is 5.02 Å². The topological polar surface area (TPSA) is 62.5 Å². The Bertz CT molecular complexity index is 513.